The third-order valence-electron chi connectivity index (χ3n) is 2.34. The molecule has 2 rings (SSSR count). The molecule has 0 aliphatic carbocycles. The van der Waals surface area contributed by atoms with Crippen LogP contribution in [0.25, 0.3) is 0 Å². The van der Waals surface area contributed by atoms with Gasteiger partial charge in [-0.2, -0.15) is 0 Å². The molecule has 14 heavy (non-hydrogen) atoms. The lowest BCUT2D eigenvalue weighted by molar-refractivity contribution is -0.385. The molecule has 1 aliphatic heterocycles. The largest absolute Gasteiger partial charge is 0.369 e. The second kappa shape index (κ2) is 3.25. The maximum atomic E-state index is 13.3. The van der Waals surface area contributed by atoms with E-state index in [9.17, 15) is 14.5 Å². The van der Waals surface area contributed by atoms with Gasteiger partial charge in [-0.15, -0.1) is 0 Å². The number of hydrogen-bond acceptors (Lipinski definition) is 3. The van der Waals surface area contributed by atoms with Gasteiger partial charge in [0, 0.05) is 19.2 Å². The number of nitro groups is 1. The summed E-state index contributed by atoms with van der Waals surface area (Å²) in [5.74, 6) is -0.515. The van der Waals surface area contributed by atoms with Crippen molar-refractivity contribution in [3.8, 4) is 0 Å². The maximum absolute atomic E-state index is 13.3. The summed E-state index contributed by atoms with van der Waals surface area (Å²) in [6.45, 7) is 1.66. The molecule has 1 aliphatic rings. The Kier molecular flexibility index (Phi) is 2.07. The van der Waals surface area contributed by atoms with Gasteiger partial charge in [-0.05, 0) is 12.5 Å². The SMILES string of the molecule is O=[N+]([O-])c1ccc(N2CCC2)c(F)c1. The van der Waals surface area contributed by atoms with Crippen LogP contribution in [0.3, 0.4) is 0 Å². The summed E-state index contributed by atoms with van der Waals surface area (Å²) in [5.41, 5.74) is 0.258. The highest BCUT2D eigenvalue weighted by Crippen LogP contribution is 2.26. The standard InChI is InChI=1S/C9H9FN2O2/c10-8-6-7(12(13)14)2-3-9(8)11-4-1-5-11/h2-3,6H,1,4-5H2. The number of non-ortho nitro benzene ring substituents is 1. The Morgan fingerprint density at radius 2 is 2.14 bits per heavy atom. The van der Waals surface area contributed by atoms with Gasteiger partial charge in [0.1, 0.15) is 0 Å². The van der Waals surface area contributed by atoms with Gasteiger partial charge in [0.05, 0.1) is 16.7 Å². The normalized spacial score (nSPS) is 15.1. The van der Waals surface area contributed by atoms with Crippen LogP contribution in [0.1, 0.15) is 6.42 Å². The highest BCUT2D eigenvalue weighted by atomic mass is 19.1. The molecule has 0 spiro atoms. The minimum atomic E-state index is -0.594. The first-order valence-corrected chi connectivity index (χ1v) is 4.37. The van der Waals surface area contributed by atoms with Crippen molar-refractivity contribution in [1.82, 2.24) is 0 Å². The van der Waals surface area contributed by atoms with Crippen LogP contribution in [0.4, 0.5) is 15.8 Å². The highest BCUT2D eigenvalue weighted by molar-refractivity contribution is 5.53. The summed E-state index contributed by atoms with van der Waals surface area (Å²) in [5, 5.41) is 10.3. The van der Waals surface area contributed by atoms with Crippen LogP contribution < -0.4 is 4.90 Å². The molecule has 0 aromatic heterocycles. The Hall–Kier alpha value is -1.65. The first-order valence-electron chi connectivity index (χ1n) is 4.37. The van der Waals surface area contributed by atoms with E-state index < -0.39 is 10.7 Å². The van der Waals surface area contributed by atoms with Crippen LogP contribution in [0.5, 0.6) is 0 Å². The molecule has 0 saturated carbocycles. The van der Waals surface area contributed by atoms with Gasteiger partial charge in [-0.3, -0.25) is 10.1 Å². The van der Waals surface area contributed by atoms with E-state index >= 15 is 0 Å². The van der Waals surface area contributed by atoms with E-state index in [0.29, 0.717) is 5.69 Å². The van der Waals surface area contributed by atoms with Crippen molar-refractivity contribution < 1.29 is 9.31 Å². The number of nitro benzene ring substituents is 1. The fraction of sp³-hybridized carbons (Fsp3) is 0.333. The number of hydrogen-bond donors (Lipinski definition) is 0. The first kappa shape index (κ1) is 8.93. The van der Waals surface area contributed by atoms with E-state index in [1.54, 1.807) is 0 Å². The summed E-state index contributed by atoms with van der Waals surface area (Å²) in [6.07, 6.45) is 1.05. The van der Waals surface area contributed by atoms with Gasteiger partial charge in [0.2, 0.25) is 0 Å². The molecule has 1 saturated heterocycles. The molecule has 0 unspecified atom stereocenters. The zero-order valence-electron chi connectivity index (χ0n) is 7.44. The Morgan fingerprint density at radius 3 is 2.57 bits per heavy atom. The monoisotopic (exact) mass is 196 g/mol. The molecule has 1 aromatic rings. The van der Waals surface area contributed by atoms with E-state index in [-0.39, 0.29) is 5.69 Å². The number of halogens is 1. The van der Waals surface area contributed by atoms with Crippen molar-refractivity contribution >= 4 is 11.4 Å². The fourth-order valence-electron chi connectivity index (χ4n) is 1.42. The molecule has 0 N–H and O–H groups in total. The van der Waals surface area contributed by atoms with Crippen molar-refractivity contribution in [1.29, 1.82) is 0 Å². The molecule has 4 nitrogen and oxygen atoms in total. The van der Waals surface area contributed by atoms with E-state index in [1.165, 1.54) is 12.1 Å². The minimum absolute atomic E-state index is 0.202. The summed E-state index contributed by atoms with van der Waals surface area (Å²) >= 11 is 0. The average molecular weight is 196 g/mol. The fourth-order valence-corrected chi connectivity index (χ4v) is 1.42. The summed E-state index contributed by atoms with van der Waals surface area (Å²) in [4.78, 5) is 11.6. The van der Waals surface area contributed by atoms with Crippen molar-refractivity contribution in [2.75, 3.05) is 18.0 Å². The second-order valence-corrected chi connectivity index (χ2v) is 3.23. The third-order valence-corrected chi connectivity index (χ3v) is 2.34. The molecular weight excluding hydrogens is 187 g/mol. The smallest absolute Gasteiger partial charge is 0.272 e. The van der Waals surface area contributed by atoms with Crippen LogP contribution in [0, 0.1) is 15.9 Å². The Labute approximate surface area is 80.1 Å². The van der Waals surface area contributed by atoms with Gasteiger partial charge < -0.3 is 4.90 Å². The summed E-state index contributed by atoms with van der Waals surface area (Å²) in [7, 11) is 0. The van der Waals surface area contributed by atoms with Gasteiger partial charge in [0.15, 0.2) is 5.82 Å². The predicted octanol–water partition coefficient (Wildman–Crippen LogP) is 1.94. The molecule has 5 heteroatoms. The zero-order chi connectivity index (χ0) is 10.1. The van der Waals surface area contributed by atoms with Crippen LogP contribution in [-0.4, -0.2) is 18.0 Å². The molecule has 1 fully saturated rings. The first-order chi connectivity index (χ1) is 6.68. The van der Waals surface area contributed by atoms with Crippen molar-refractivity contribution in [3.05, 3.63) is 34.1 Å². The van der Waals surface area contributed by atoms with Crippen LogP contribution >= 0.6 is 0 Å². The molecular formula is C9H9FN2O2. The lowest BCUT2D eigenvalue weighted by Gasteiger charge is -2.33. The highest BCUT2D eigenvalue weighted by Gasteiger charge is 2.19. The van der Waals surface area contributed by atoms with Crippen molar-refractivity contribution in [2.24, 2.45) is 0 Å². The number of anilines is 1. The quantitative estimate of drug-likeness (QED) is 0.536. The van der Waals surface area contributed by atoms with Crippen molar-refractivity contribution in [2.45, 2.75) is 6.42 Å². The molecule has 0 atom stereocenters. The van der Waals surface area contributed by atoms with Gasteiger partial charge in [-0.1, -0.05) is 0 Å². The lowest BCUT2D eigenvalue weighted by Crippen LogP contribution is -2.37. The molecule has 0 bridgehead atoms. The maximum Gasteiger partial charge on any atom is 0.272 e. The predicted molar refractivity (Wildman–Crippen MR) is 49.9 cm³/mol. The topological polar surface area (TPSA) is 46.4 Å². The summed E-state index contributed by atoms with van der Waals surface area (Å²) < 4.78 is 13.3. The molecule has 1 aromatic carbocycles. The minimum Gasteiger partial charge on any atom is -0.369 e. The van der Waals surface area contributed by atoms with Crippen molar-refractivity contribution in [3.63, 3.8) is 0 Å². The summed E-state index contributed by atoms with van der Waals surface area (Å²) in [6, 6.07) is 3.76. The molecule has 74 valence electrons. The average Bonchev–Trinajstić information content (AvgIpc) is 2.04. The van der Waals surface area contributed by atoms with Gasteiger partial charge in [0.25, 0.3) is 5.69 Å². The molecule has 0 radical (unpaired) electrons. The zero-order valence-corrected chi connectivity index (χ0v) is 7.44. The van der Waals surface area contributed by atoms with Crippen LogP contribution in [-0.2, 0) is 0 Å². The van der Waals surface area contributed by atoms with E-state index in [2.05, 4.69) is 0 Å². The number of nitrogens with zero attached hydrogens (tertiary/aromatic N) is 2. The second-order valence-electron chi connectivity index (χ2n) is 3.23. The van der Waals surface area contributed by atoms with E-state index in [0.717, 1.165) is 25.6 Å². The number of rotatable bonds is 2. The lowest BCUT2D eigenvalue weighted by atomic mass is 10.1. The Morgan fingerprint density at radius 1 is 1.43 bits per heavy atom. The van der Waals surface area contributed by atoms with E-state index in [1.807, 2.05) is 4.90 Å². The number of benzene rings is 1. The molecule has 1 heterocycles. The van der Waals surface area contributed by atoms with Gasteiger partial charge in [-0.25, -0.2) is 4.39 Å². The molecule has 0 amide bonds. The third kappa shape index (κ3) is 1.41. The Bertz CT molecular complexity index is 377. The van der Waals surface area contributed by atoms with Gasteiger partial charge >= 0.3 is 0 Å². The van der Waals surface area contributed by atoms with Crippen LogP contribution in [0.15, 0.2) is 18.2 Å². The van der Waals surface area contributed by atoms with E-state index in [4.69, 9.17) is 0 Å². The van der Waals surface area contributed by atoms with Crippen LogP contribution in [0.2, 0.25) is 0 Å². The Balaban J connectivity index is 2.30.